The molecule has 6 nitrogen and oxygen atoms in total. The molecule has 0 aliphatic heterocycles. The summed E-state index contributed by atoms with van der Waals surface area (Å²) in [6, 6.07) is 4.00. The summed E-state index contributed by atoms with van der Waals surface area (Å²) >= 11 is 0. The van der Waals surface area contributed by atoms with Crippen LogP contribution in [-0.4, -0.2) is 31.9 Å². The van der Waals surface area contributed by atoms with E-state index in [-0.39, 0.29) is 11.9 Å². The smallest absolute Gasteiger partial charge is 0.270 e. The van der Waals surface area contributed by atoms with Crippen molar-refractivity contribution in [2.75, 3.05) is 0 Å². The molecule has 1 amide bonds. The van der Waals surface area contributed by atoms with Crippen LogP contribution in [0.2, 0.25) is 0 Å². The molecule has 2 atom stereocenters. The van der Waals surface area contributed by atoms with Gasteiger partial charge in [0.05, 0.1) is 6.20 Å². The average Bonchev–Trinajstić information content (AvgIpc) is 3.20. The van der Waals surface area contributed by atoms with Gasteiger partial charge in [-0.15, -0.1) is 5.10 Å². The zero-order chi connectivity index (χ0) is 15.4. The van der Waals surface area contributed by atoms with E-state index in [2.05, 4.69) is 27.5 Å². The number of carbonyl (C=O) groups excluding carboxylic acids is 1. The molecule has 2 aromatic heterocycles. The summed E-state index contributed by atoms with van der Waals surface area (Å²) in [6.07, 6.45) is 9.40. The topological polar surface area (TPSA) is 72.7 Å². The molecule has 1 N–H and O–H groups in total. The maximum absolute atomic E-state index is 12.4. The summed E-state index contributed by atoms with van der Waals surface area (Å²) < 4.78 is 1.84. The van der Waals surface area contributed by atoms with Gasteiger partial charge in [-0.2, -0.15) is 0 Å². The van der Waals surface area contributed by atoms with Gasteiger partial charge in [0, 0.05) is 25.0 Å². The number of aromatic nitrogens is 4. The second-order valence-corrected chi connectivity index (χ2v) is 5.80. The summed E-state index contributed by atoms with van der Waals surface area (Å²) in [4.78, 5) is 16.6. The van der Waals surface area contributed by atoms with Gasteiger partial charge >= 0.3 is 0 Å². The highest BCUT2D eigenvalue weighted by atomic mass is 16.1. The van der Waals surface area contributed by atoms with Gasteiger partial charge in [0.1, 0.15) is 5.69 Å². The zero-order valence-corrected chi connectivity index (χ0v) is 12.8. The molecular formula is C16H21N5O. The van der Waals surface area contributed by atoms with E-state index in [0.29, 0.717) is 11.6 Å². The summed E-state index contributed by atoms with van der Waals surface area (Å²) in [5.74, 6) is 0.325. The quantitative estimate of drug-likeness (QED) is 0.914. The van der Waals surface area contributed by atoms with Crippen molar-refractivity contribution < 1.29 is 4.79 Å². The number of hydrogen-bond donors (Lipinski definition) is 1. The van der Waals surface area contributed by atoms with Crippen LogP contribution >= 0.6 is 0 Å². The maximum Gasteiger partial charge on any atom is 0.270 e. The van der Waals surface area contributed by atoms with Crippen LogP contribution in [0, 0.1) is 5.92 Å². The third-order valence-corrected chi connectivity index (χ3v) is 4.33. The van der Waals surface area contributed by atoms with E-state index in [0.717, 1.165) is 37.8 Å². The number of nitrogens with zero attached hydrogens (tertiary/aromatic N) is 4. The summed E-state index contributed by atoms with van der Waals surface area (Å²) in [6.45, 7) is 2.87. The Balaban J connectivity index is 1.64. The fourth-order valence-electron chi connectivity index (χ4n) is 3.08. The van der Waals surface area contributed by atoms with Crippen molar-refractivity contribution in [2.24, 2.45) is 5.92 Å². The molecule has 0 bridgehead atoms. The van der Waals surface area contributed by atoms with E-state index in [1.165, 1.54) is 0 Å². The van der Waals surface area contributed by atoms with Crippen molar-refractivity contribution in [1.29, 1.82) is 0 Å². The lowest BCUT2D eigenvalue weighted by Crippen LogP contribution is -2.39. The molecule has 3 rings (SSSR count). The van der Waals surface area contributed by atoms with Gasteiger partial charge in [-0.3, -0.25) is 14.5 Å². The van der Waals surface area contributed by atoms with E-state index < -0.39 is 0 Å². The van der Waals surface area contributed by atoms with Crippen LogP contribution < -0.4 is 5.32 Å². The molecule has 0 radical (unpaired) electrons. The van der Waals surface area contributed by atoms with Gasteiger partial charge in [0.15, 0.2) is 0 Å². The number of carbonyl (C=O) groups is 1. The first-order valence-electron chi connectivity index (χ1n) is 7.86. The predicted octanol–water partition coefficient (Wildman–Crippen LogP) is 1.83. The molecule has 2 aromatic rings. The first-order valence-corrected chi connectivity index (χ1v) is 7.86. The number of aryl methyl sites for hydroxylation is 1. The largest absolute Gasteiger partial charge is 0.348 e. The normalized spacial score (nSPS) is 21.0. The van der Waals surface area contributed by atoms with E-state index in [1.807, 2.05) is 23.0 Å². The van der Waals surface area contributed by atoms with Gasteiger partial charge in [0.25, 0.3) is 5.91 Å². The van der Waals surface area contributed by atoms with E-state index >= 15 is 0 Å². The number of amides is 1. The first-order chi connectivity index (χ1) is 10.8. The standard InChI is InChI=1S/C16H21N5O/c1-2-12-6-7-17-15(10-12)16(22)19-14-5-3-4-13(14)11-21-9-8-18-20-21/h6-10,13-14H,2-5,11H2,1H3,(H,19,22)/t13-,14-/m1/s1. The summed E-state index contributed by atoms with van der Waals surface area (Å²) in [5, 5.41) is 11.0. The Bertz CT molecular complexity index is 625. The predicted molar refractivity (Wildman–Crippen MR) is 82.2 cm³/mol. The number of rotatable bonds is 5. The Kier molecular flexibility index (Phi) is 4.46. The highest BCUT2D eigenvalue weighted by Crippen LogP contribution is 2.27. The van der Waals surface area contributed by atoms with Crippen LogP contribution in [0.1, 0.15) is 42.2 Å². The lowest BCUT2D eigenvalue weighted by molar-refractivity contribution is 0.0919. The molecule has 1 aliphatic carbocycles. The third-order valence-electron chi connectivity index (χ3n) is 4.33. The van der Waals surface area contributed by atoms with Crippen molar-refractivity contribution in [1.82, 2.24) is 25.3 Å². The lowest BCUT2D eigenvalue weighted by atomic mass is 10.0. The highest BCUT2D eigenvalue weighted by Gasteiger charge is 2.29. The van der Waals surface area contributed by atoms with Crippen LogP contribution in [0.15, 0.2) is 30.7 Å². The fraction of sp³-hybridized carbons (Fsp3) is 0.500. The number of pyridine rings is 1. The lowest BCUT2D eigenvalue weighted by Gasteiger charge is -2.20. The molecule has 1 fully saturated rings. The van der Waals surface area contributed by atoms with E-state index in [4.69, 9.17) is 0 Å². The first kappa shape index (κ1) is 14.7. The average molecular weight is 299 g/mol. The molecule has 22 heavy (non-hydrogen) atoms. The Morgan fingerprint density at radius 2 is 2.32 bits per heavy atom. The van der Waals surface area contributed by atoms with Crippen molar-refractivity contribution in [3.63, 3.8) is 0 Å². The third kappa shape index (κ3) is 3.32. The molecule has 116 valence electrons. The SMILES string of the molecule is CCc1ccnc(C(=O)N[C@@H]2CCC[C@@H]2Cn2ccnn2)c1. The molecule has 0 unspecified atom stereocenters. The van der Waals surface area contributed by atoms with Gasteiger partial charge in [0.2, 0.25) is 0 Å². The minimum atomic E-state index is -0.0780. The Hall–Kier alpha value is -2.24. The Morgan fingerprint density at radius 1 is 1.41 bits per heavy atom. The Morgan fingerprint density at radius 3 is 3.09 bits per heavy atom. The van der Waals surface area contributed by atoms with Gasteiger partial charge in [-0.05, 0) is 42.9 Å². The monoisotopic (exact) mass is 299 g/mol. The van der Waals surface area contributed by atoms with Gasteiger partial charge in [-0.1, -0.05) is 18.6 Å². The summed E-state index contributed by atoms with van der Waals surface area (Å²) in [5.41, 5.74) is 1.64. The second-order valence-electron chi connectivity index (χ2n) is 5.80. The molecule has 6 heteroatoms. The fourth-order valence-corrected chi connectivity index (χ4v) is 3.08. The van der Waals surface area contributed by atoms with Crippen molar-refractivity contribution in [3.8, 4) is 0 Å². The molecule has 0 spiro atoms. The van der Waals surface area contributed by atoms with Crippen molar-refractivity contribution in [3.05, 3.63) is 42.0 Å². The van der Waals surface area contributed by atoms with Crippen LogP contribution in [0.3, 0.4) is 0 Å². The minimum absolute atomic E-state index is 0.0780. The second kappa shape index (κ2) is 6.68. The number of hydrogen-bond acceptors (Lipinski definition) is 4. The van der Waals surface area contributed by atoms with Crippen LogP contribution in [0.25, 0.3) is 0 Å². The van der Waals surface area contributed by atoms with Gasteiger partial charge in [-0.25, -0.2) is 0 Å². The van der Waals surface area contributed by atoms with Crippen LogP contribution in [-0.2, 0) is 13.0 Å². The van der Waals surface area contributed by atoms with Gasteiger partial charge < -0.3 is 5.32 Å². The van der Waals surface area contributed by atoms with Crippen molar-refractivity contribution in [2.45, 2.75) is 45.2 Å². The molecule has 2 heterocycles. The van der Waals surface area contributed by atoms with Crippen LogP contribution in [0.4, 0.5) is 0 Å². The van der Waals surface area contributed by atoms with E-state index in [1.54, 1.807) is 12.4 Å². The Labute approximate surface area is 129 Å². The molecule has 1 aliphatic rings. The molecule has 0 saturated heterocycles. The molecule has 1 saturated carbocycles. The van der Waals surface area contributed by atoms with Crippen LogP contribution in [0.5, 0.6) is 0 Å². The summed E-state index contributed by atoms with van der Waals surface area (Å²) in [7, 11) is 0. The number of nitrogens with one attached hydrogen (secondary N) is 1. The maximum atomic E-state index is 12.4. The zero-order valence-electron chi connectivity index (χ0n) is 12.8. The minimum Gasteiger partial charge on any atom is -0.348 e. The molecular weight excluding hydrogens is 278 g/mol. The van der Waals surface area contributed by atoms with E-state index in [9.17, 15) is 4.79 Å². The van der Waals surface area contributed by atoms with Crippen molar-refractivity contribution >= 4 is 5.91 Å². The molecule has 0 aromatic carbocycles. The highest BCUT2D eigenvalue weighted by molar-refractivity contribution is 5.92.